The van der Waals surface area contributed by atoms with Crippen molar-refractivity contribution in [2.45, 2.75) is 45.1 Å². The van der Waals surface area contributed by atoms with E-state index >= 15 is 0 Å². The van der Waals surface area contributed by atoms with Gasteiger partial charge >= 0.3 is 0 Å². The Labute approximate surface area is 107 Å². The summed E-state index contributed by atoms with van der Waals surface area (Å²) in [6.07, 6.45) is 3.56. The van der Waals surface area contributed by atoms with Crippen LogP contribution in [0.2, 0.25) is 0 Å². The first-order valence-electron chi connectivity index (χ1n) is 6.69. The lowest BCUT2D eigenvalue weighted by molar-refractivity contribution is 0.0746. The molecule has 2 rings (SSSR count). The maximum Gasteiger partial charge on any atom is 0.129 e. The van der Waals surface area contributed by atoms with E-state index in [0.717, 1.165) is 25.7 Å². The molecular formula is C15H20F2O. The Morgan fingerprint density at radius 2 is 1.72 bits per heavy atom. The molecule has 1 aromatic carbocycles. The number of rotatable bonds is 3. The van der Waals surface area contributed by atoms with E-state index in [9.17, 15) is 13.9 Å². The summed E-state index contributed by atoms with van der Waals surface area (Å²) in [6.45, 7) is 2.21. The minimum Gasteiger partial charge on any atom is -0.392 e. The van der Waals surface area contributed by atoms with Gasteiger partial charge < -0.3 is 5.11 Å². The highest BCUT2D eigenvalue weighted by Crippen LogP contribution is 2.32. The zero-order valence-electron chi connectivity index (χ0n) is 10.7. The lowest BCUT2D eigenvalue weighted by atomic mass is 9.79. The largest absolute Gasteiger partial charge is 0.392 e. The van der Waals surface area contributed by atoms with E-state index in [1.54, 1.807) is 0 Å². The molecule has 0 saturated heterocycles. The molecule has 1 aliphatic rings. The molecule has 1 atom stereocenters. The van der Waals surface area contributed by atoms with Crippen LogP contribution in [0, 0.1) is 23.5 Å². The third-order valence-electron chi connectivity index (χ3n) is 4.08. The van der Waals surface area contributed by atoms with Crippen LogP contribution in [0.15, 0.2) is 18.2 Å². The average molecular weight is 254 g/mol. The summed E-state index contributed by atoms with van der Waals surface area (Å²) >= 11 is 0. The van der Waals surface area contributed by atoms with E-state index in [-0.39, 0.29) is 17.9 Å². The standard InChI is InChI=1S/C15H20F2O/c1-10-5-7-11(8-6-10)15(18)9-12-13(16)3-2-4-14(12)17/h2-4,10-11,15,18H,5-9H2,1H3. The van der Waals surface area contributed by atoms with E-state index in [2.05, 4.69) is 6.92 Å². The van der Waals surface area contributed by atoms with Crippen LogP contribution in [0.4, 0.5) is 8.78 Å². The fourth-order valence-electron chi connectivity index (χ4n) is 2.77. The molecule has 1 N–H and O–H groups in total. The van der Waals surface area contributed by atoms with E-state index in [0.29, 0.717) is 5.92 Å². The van der Waals surface area contributed by atoms with E-state index in [1.165, 1.54) is 18.2 Å². The average Bonchev–Trinajstić information content (AvgIpc) is 2.34. The lowest BCUT2D eigenvalue weighted by Gasteiger charge is -2.30. The Morgan fingerprint density at radius 1 is 1.17 bits per heavy atom. The number of benzene rings is 1. The Kier molecular flexibility index (Phi) is 4.33. The summed E-state index contributed by atoms with van der Waals surface area (Å²) in [5.74, 6) is -0.227. The molecule has 0 amide bonds. The van der Waals surface area contributed by atoms with Crippen LogP contribution >= 0.6 is 0 Å². The second kappa shape index (κ2) is 5.79. The molecule has 100 valence electrons. The van der Waals surface area contributed by atoms with Crippen molar-refractivity contribution in [2.75, 3.05) is 0 Å². The Balaban J connectivity index is 2.00. The Bertz CT molecular complexity index is 377. The number of aliphatic hydroxyl groups excluding tert-OH is 1. The Hall–Kier alpha value is -0.960. The summed E-state index contributed by atoms with van der Waals surface area (Å²) in [7, 11) is 0. The van der Waals surface area contributed by atoms with Gasteiger partial charge in [-0.25, -0.2) is 8.78 Å². The quantitative estimate of drug-likeness (QED) is 0.872. The monoisotopic (exact) mass is 254 g/mol. The van der Waals surface area contributed by atoms with Gasteiger partial charge in [-0.3, -0.25) is 0 Å². The molecule has 0 aliphatic heterocycles. The third-order valence-corrected chi connectivity index (χ3v) is 4.08. The van der Waals surface area contributed by atoms with Crippen LogP contribution in [0.1, 0.15) is 38.2 Å². The zero-order valence-corrected chi connectivity index (χ0v) is 10.7. The highest BCUT2D eigenvalue weighted by Gasteiger charge is 2.26. The molecule has 0 aromatic heterocycles. The topological polar surface area (TPSA) is 20.2 Å². The molecule has 1 saturated carbocycles. The van der Waals surface area contributed by atoms with Gasteiger partial charge in [0.15, 0.2) is 0 Å². The van der Waals surface area contributed by atoms with Crippen molar-refractivity contribution in [1.82, 2.24) is 0 Å². The third kappa shape index (κ3) is 3.08. The van der Waals surface area contributed by atoms with E-state index in [4.69, 9.17) is 0 Å². The highest BCUT2D eigenvalue weighted by molar-refractivity contribution is 5.20. The second-order valence-corrected chi connectivity index (χ2v) is 5.49. The van der Waals surface area contributed by atoms with Gasteiger partial charge in [-0.05, 0) is 36.8 Å². The van der Waals surface area contributed by atoms with Gasteiger partial charge in [0.2, 0.25) is 0 Å². The van der Waals surface area contributed by atoms with Gasteiger partial charge in [0.05, 0.1) is 6.10 Å². The molecule has 0 bridgehead atoms. The van der Waals surface area contributed by atoms with Crippen molar-refractivity contribution in [3.8, 4) is 0 Å². The molecule has 1 unspecified atom stereocenters. The minimum atomic E-state index is -0.635. The molecule has 0 radical (unpaired) electrons. The van der Waals surface area contributed by atoms with Gasteiger partial charge in [-0.2, -0.15) is 0 Å². The summed E-state index contributed by atoms with van der Waals surface area (Å²) in [6, 6.07) is 3.84. The van der Waals surface area contributed by atoms with E-state index in [1.807, 2.05) is 0 Å². The van der Waals surface area contributed by atoms with Crippen molar-refractivity contribution in [1.29, 1.82) is 0 Å². The first-order valence-corrected chi connectivity index (χ1v) is 6.69. The summed E-state index contributed by atoms with van der Waals surface area (Å²) in [4.78, 5) is 0. The van der Waals surface area contributed by atoms with Crippen LogP contribution < -0.4 is 0 Å². The van der Waals surface area contributed by atoms with Crippen LogP contribution in [0.5, 0.6) is 0 Å². The first-order chi connectivity index (χ1) is 8.58. The van der Waals surface area contributed by atoms with Gasteiger partial charge in [-0.15, -0.1) is 0 Å². The van der Waals surface area contributed by atoms with Crippen LogP contribution in [-0.4, -0.2) is 11.2 Å². The molecule has 1 fully saturated rings. The predicted molar refractivity (Wildman–Crippen MR) is 67.2 cm³/mol. The smallest absolute Gasteiger partial charge is 0.129 e. The first kappa shape index (κ1) is 13.5. The van der Waals surface area contributed by atoms with E-state index < -0.39 is 17.7 Å². The van der Waals surface area contributed by atoms with Crippen LogP contribution in [0.25, 0.3) is 0 Å². The molecule has 0 spiro atoms. The number of halogens is 2. The van der Waals surface area contributed by atoms with Gasteiger partial charge in [-0.1, -0.05) is 25.8 Å². The Morgan fingerprint density at radius 3 is 2.28 bits per heavy atom. The summed E-state index contributed by atoms with van der Waals surface area (Å²) < 4.78 is 27.0. The lowest BCUT2D eigenvalue weighted by Crippen LogP contribution is -2.27. The molecule has 3 heteroatoms. The van der Waals surface area contributed by atoms with Crippen molar-refractivity contribution in [3.05, 3.63) is 35.4 Å². The summed E-state index contributed by atoms with van der Waals surface area (Å²) in [5, 5.41) is 10.1. The summed E-state index contributed by atoms with van der Waals surface area (Å²) in [5.41, 5.74) is 0.0172. The van der Waals surface area contributed by atoms with Crippen molar-refractivity contribution >= 4 is 0 Å². The maximum atomic E-state index is 13.5. The second-order valence-electron chi connectivity index (χ2n) is 5.49. The van der Waals surface area contributed by atoms with Gasteiger partial charge in [0, 0.05) is 12.0 Å². The highest BCUT2D eigenvalue weighted by atomic mass is 19.1. The predicted octanol–water partition coefficient (Wildman–Crippen LogP) is 3.69. The molecule has 0 heterocycles. The van der Waals surface area contributed by atoms with Crippen LogP contribution in [0.3, 0.4) is 0 Å². The number of hydrogen-bond acceptors (Lipinski definition) is 1. The van der Waals surface area contributed by atoms with Gasteiger partial charge in [0.25, 0.3) is 0 Å². The molecule has 18 heavy (non-hydrogen) atoms. The zero-order chi connectivity index (χ0) is 13.1. The molecule has 1 aromatic rings. The molecule has 1 aliphatic carbocycles. The fourth-order valence-corrected chi connectivity index (χ4v) is 2.77. The van der Waals surface area contributed by atoms with Crippen LogP contribution in [-0.2, 0) is 6.42 Å². The van der Waals surface area contributed by atoms with Crippen molar-refractivity contribution < 1.29 is 13.9 Å². The minimum absolute atomic E-state index is 0.0172. The fraction of sp³-hybridized carbons (Fsp3) is 0.600. The molecule has 1 nitrogen and oxygen atoms in total. The SMILES string of the molecule is CC1CCC(C(O)Cc2c(F)cccc2F)CC1. The number of hydrogen-bond donors (Lipinski definition) is 1. The maximum absolute atomic E-state index is 13.5. The van der Waals surface area contributed by atoms with Gasteiger partial charge in [0.1, 0.15) is 11.6 Å². The van der Waals surface area contributed by atoms with Crippen molar-refractivity contribution in [3.63, 3.8) is 0 Å². The van der Waals surface area contributed by atoms with Crippen molar-refractivity contribution in [2.24, 2.45) is 11.8 Å². The number of aliphatic hydroxyl groups is 1. The normalized spacial score (nSPS) is 26.0. The molecular weight excluding hydrogens is 234 g/mol.